The van der Waals surface area contributed by atoms with Crippen LogP contribution in [0.15, 0.2) is 24.3 Å². The second-order valence-corrected chi connectivity index (χ2v) is 3.77. The summed E-state index contributed by atoms with van der Waals surface area (Å²) >= 11 is 0. The first-order valence-corrected chi connectivity index (χ1v) is 5.14. The predicted octanol–water partition coefficient (Wildman–Crippen LogP) is 2.83. The first-order valence-electron chi connectivity index (χ1n) is 5.14. The number of rotatable bonds is 5. The van der Waals surface area contributed by atoms with Crippen LogP contribution in [0.2, 0.25) is 0 Å². The molecule has 1 unspecified atom stereocenters. The molecule has 0 fully saturated rings. The molecular formula is C12H19NO. The van der Waals surface area contributed by atoms with Gasteiger partial charge in [0.1, 0.15) is 0 Å². The highest BCUT2D eigenvalue weighted by atomic mass is 16.5. The molecule has 0 aliphatic rings. The molecule has 1 aromatic rings. The minimum Gasteiger partial charge on any atom is -0.399 e. The fourth-order valence-corrected chi connectivity index (χ4v) is 1.18. The van der Waals surface area contributed by atoms with E-state index in [0.717, 1.165) is 24.3 Å². The molecule has 0 aromatic heterocycles. The zero-order valence-corrected chi connectivity index (χ0v) is 8.99. The Bertz CT molecular complexity index is 273. The summed E-state index contributed by atoms with van der Waals surface area (Å²) in [6.07, 6.45) is 1.16. The summed E-state index contributed by atoms with van der Waals surface area (Å²) in [5, 5.41) is 0. The first kappa shape index (κ1) is 11.1. The van der Waals surface area contributed by atoms with Crippen molar-refractivity contribution < 1.29 is 4.74 Å². The van der Waals surface area contributed by atoms with Crippen molar-refractivity contribution in [2.75, 3.05) is 12.3 Å². The first-order chi connectivity index (χ1) is 6.72. The van der Waals surface area contributed by atoms with Gasteiger partial charge in [0.05, 0.1) is 6.61 Å². The molecule has 1 rings (SSSR count). The monoisotopic (exact) mass is 193 g/mol. The molecule has 0 aliphatic carbocycles. The molecule has 0 saturated heterocycles. The molecule has 0 saturated carbocycles. The molecule has 0 heterocycles. The normalized spacial score (nSPS) is 12.7. The number of nitrogen functional groups attached to an aromatic ring is 1. The molecule has 0 bridgehead atoms. The lowest BCUT2D eigenvalue weighted by atomic mass is 10.1. The molecule has 78 valence electrons. The van der Waals surface area contributed by atoms with Crippen molar-refractivity contribution in [2.24, 2.45) is 5.92 Å². The molecule has 1 atom stereocenters. The van der Waals surface area contributed by atoms with Crippen molar-refractivity contribution in [1.29, 1.82) is 0 Å². The third kappa shape index (κ3) is 3.79. The van der Waals surface area contributed by atoms with Gasteiger partial charge in [0, 0.05) is 12.3 Å². The van der Waals surface area contributed by atoms with Gasteiger partial charge in [-0.1, -0.05) is 32.4 Å². The number of hydrogen-bond donors (Lipinski definition) is 1. The Kier molecular flexibility index (Phi) is 4.47. The van der Waals surface area contributed by atoms with Crippen LogP contribution in [-0.2, 0) is 11.3 Å². The number of anilines is 1. The van der Waals surface area contributed by atoms with Crippen molar-refractivity contribution >= 4 is 5.69 Å². The number of hydrogen-bond acceptors (Lipinski definition) is 2. The highest BCUT2D eigenvalue weighted by Gasteiger charge is 1.99. The van der Waals surface area contributed by atoms with Gasteiger partial charge >= 0.3 is 0 Å². The van der Waals surface area contributed by atoms with Gasteiger partial charge in [-0.05, 0) is 23.6 Å². The van der Waals surface area contributed by atoms with Gasteiger partial charge in [-0.25, -0.2) is 0 Å². The molecule has 0 amide bonds. The van der Waals surface area contributed by atoms with E-state index < -0.39 is 0 Å². The maximum atomic E-state index is 5.66. The van der Waals surface area contributed by atoms with Crippen LogP contribution in [0.5, 0.6) is 0 Å². The standard InChI is InChI=1S/C12H19NO/c1-3-10(2)8-14-9-11-5-4-6-12(13)7-11/h4-7,10H,3,8-9,13H2,1-2H3. The summed E-state index contributed by atoms with van der Waals surface area (Å²) in [6, 6.07) is 7.83. The Labute approximate surface area is 86.1 Å². The Morgan fingerprint density at radius 1 is 1.43 bits per heavy atom. The van der Waals surface area contributed by atoms with E-state index in [1.54, 1.807) is 0 Å². The third-order valence-corrected chi connectivity index (χ3v) is 2.32. The Hall–Kier alpha value is -1.02. The van der Waals surface area contributed by atoms with Crippen LogP contribution in [0.4, 0.5) is 5.69 Å². The molecule has 0 aliphatic heterocycles. The summed E-state index contributed by atoms with van der Waals surface area (Å²) in [5.74, 6) is 0.635. The zero-order chi connectivity index (χ0) is 10.4. The number of benzene rings is 1. The van der Waals surface area contributed by atoms with Crippen LogP contribution in [0.25, 0.3) is 0 Å². The van der Waals surface area contributed by atoms with Gasteiger partial charge in [-0.3, -0.25) is 0 Å². The lowest BCUT2D eigenvalue weighted by molar-refractivity contribution is 0.0911. The fraction of sp³-hybridized carbons (Fsp3) is 0.500. The minimum absolute atomic E-state index is 0.635. The van der Waals surface area contributed by atoms with Gasteiger partial charge in [0.2, 0.25) is 0 Å². The Balaban J connectivity index is 2.31. The van der Waals surface area contributed by atoms with Crippen LogP contribution in [-0.4, -0.2) is 6.61 Å². The van der Waals surface area contributed by atoms with Crippen molar-refractivity contribution in [3.8, 4) is 0 Å². The molecule has 0 radical (unpaired) electrons. The quantitative estimate of drug-likeness (QED) is 0.730. The summed E-state index contributed by atoms with van der Waals surface area (Å²) < 4.78 is 5.57. The maximum Gasteiger partial charge on any atom is 0.0717 e. The Morgan fingerprint density at radius 3 is 2.86 bits per heavy atom. The largest absolute Gasteiger partial charge is 0.399 e. The van der Waals surface area contributed by atoms with E-state index in [2.05, 4.69) is 13.8 Å². The summed E-state index contributed by atoms with van der Waals surface area (Å²) in [4.78, 5) is 0. The van der Waals surface area contributed by atoms with Gasteiger partial charge < -0.3 is 10.5 Å². The summed E-state index contributed by atoms with van der Waals surface area (Å²) in [5.41, 5.74) is 7.61. The van der Waals surface area contributed by atoms with E-state index in [0.29, 0.717) is 12.5 Å². The summed E-state index contributed by atoms with van der Waals surface area (Å²) in [6.45, 7) is 5.86. The van der Waals surface area contributed by atoms with Crippen LogP contribution in [0.3, 0.4) is 0 Å². The SMILES string of the molecule is CCC(C)COCc1cccc(N)c1. The molecule has 1 aromatic carbocycles. The van der Waals surface area contributed by atoms with E-state index in [1.807, 2.05) is 24.3 Å². The van der Waals surface area contributed by atoms with Crippen LogP contribution >= 0.6 is 0 Å². The van der Waals surface area contributed by atoms with Crippen molar-refractivity contribution in [3.63, 3.8) is 0 Å². The van der Waals surface area contributed by atoms with Gasteiger partial charge in [-0.2, -0.15) is 0 Å². The maximum absolute atomic E-state index is 5.66. The minimum atomic E-state index is 0.635. The van der Waals surface area contributed by atoms with Gasteiger partial charge in [0.25, 0.3) is 0 Å². The molecule has 2 nitrogen and oxygen atoms in total. The fourth-order valence-electron chi connectivity index (χ4n) is 1.18. The molecule has 2 N–H and O–H groups in total. The van der Waals surface area contributed by atoms with E-state index in [1.165, 1.54) is 0 Å². The smallest absolute Gasteiger partial charge is 0.0717 e. The lowest BCUT2D eigenvalue weighted by Gasteiger charge is -2.09. The molecule has 2 heteroatoms. The Morgan fingerprint density at radius 2 is 2.21 bits per heavy atom. The van der Waals surface area contributed by atoms with Crippen molar-refractivity contribution in [2.45, 2.75) is 26.9 Å². The second-order valence-electron chi connectivity index (χ2n) is 3.77. The molecule has 0 spiro atoms. The van der Waals surface area contributed by atoms with Crippen molar-refractivity contribution in [1.82, 2.24) is 0 Å². The lowest BCUT2D eigenvalue weighted by Crippen LogP contribution is -2.04. The highest BCUT2D eigenvalue weighted by Crippen LogP contribution is 2.09. The number of ether oxygens (including phenoxy) is 1. The molecular weight excluding hydrogens is 174 g/mol. The van der Waals surface area contributed by atoms with Gasteiger partial charge in [0.15, 0.2) is 0 Å². The van der Waals surface area contributed by atoms with E-state index >= 15 is 0 Å². The van der Waals surface area contributed by atoms with E-state index in [4.69, 9.17) is 10.5 Å². The topological polar surface area (TPSA) is 35.2 Å². The predicted molar refractivity (Wildman–Crippen MR) is 60.0 cm³/mol. The summed E-state index contributed by atoms with van der Waals surface area (Å²) in [7, 11) is 0. The average Bonchev–Trinajstić information content (AvgIpc) is 2.17. The van der Waals surface area contributed by atoms with Crippen LogP contribution in [0.1, 0.15) is 25.8 Å². The van der Waals surface area contributed by atoms with E-state index in [9.17, 15) is 0 Å². The second kappa shape index (κ2) is 5.66. The zero-order valence-electron chi connectivity index (χ0n) is 8.99. The van der Waals surface area contributed by atoms with Crippen LogP contribution in [0, 0.1) is 5.92 Å². The van der Waals surface area contributed by atoms with E-state index in [-0.39, 0.29) is 0 Å². The average molecular weight is 193 g/mol. The van der Waals surface area contributed by atoms with Crippen LogP contribution < -0.4 is 5.73 Å². The highest BCUT2D eigenvalue weighted by molar-refractivity contribution is 5.40. The van der Waals surface area contributed by atoms with Crippen molar-refractivity contribution in [3.05, 3.63) is 29.8 Å². The number of nitrogens with two attached hydrogens (primary N) is 1. The molecule has 14 heavy (non-hydrogen) atoms. The third-order valence-electron chi connectivity index (χ3n) is 2.32. The van der Waals surface area contributed by atoms with Gasteiger partial charge in [-0.15, -0.1) is 0 Å².